The Labute approximate surface area is 70.4 Å². The van der Waals surface area contributed by atoms with E-state index in [-0.39, 0.29) is 0 Å². The maximum Gasteiger partial charge on any atom is 0.152 e. The SMILES string of the molecule is [CH2]n1cc(C=O)c2ccccc21. The van der Waals surface area contributed by atoms with Crippen LogP contribution >= 0.6 is 0 Å². The zero-order valence-electron chi connectivity index (χ0n) is 6.53. The predicted molar refractivity (Wildman–Crippen MR) is 48.1 cm³/mol. The second kappa shape index (κ2) is 2.48. The van der Waals surface area contributed by atoms with Crippen LogP contribution in [0, 0.1) is 7.05 Å². The van der Waals surface area contributed by atoms with Crippen LogP contribution in [0.3, 0.4) is 0 Å². The van der Waals surface area contributed by atoms with Crippen LogP contribution in [0.4, 0.5) is 0 Å². The van der Waals surface area contributed by atoms with Crippen LogP contribution in [0.2, 0.25) is 0 Å². The first-order valence-electron chi connectivity index (χ1n) is 3.69. The van der Waals surface area contributed by atoms with Gasteiger partial charge in [-0.15, -0.1) is 0 Å². The zero-order valence-corrected chi connectivity index (χ0v) is 6.53. The molecule has 0 amide bonds. The van der Waals surface area contributed by atoms with Crippen LogP contribution < -0.4 is 0 Å². The van der Waals surface area contributed by atoms with Crippen LogP contribution in [0.1, 0.15) is 10.4 Å². The highest BCUT2D eigenvalue weighted by molar-refractivity contribution is 5.97. The van der Waals surface area contributed by atoms with Crippen molar-refractivity contribution in [3.05, 3.63) is 43.1 Å². The topological polar surface area (TPSA) is 22.0 Å². The van der Waals surface area contributed by atoms with Crippen LogP contribution in [-0.4, -0.2) is 10.9 Å². The van der Waals surface area contributed by atoms with Crippen LogP contribution in [0.5, 0.6) is 0 Å². The van der Waals surface area contributed by atoms with Crippen molar-refractivity contribution in [1.82, 2.24) is 4.57 Å². The number of hydrogen-bond donors (Lipinski definition) is 0. The van der Waals surface area contributed by atoms with Gasteiger partial charge in [0.05, 0.1) is 0 Å². The van der Waals surface area contributed by atoms with Crippen molar-refractivity contribution >= 4 is 17.2 Å². The minimum atomic E-state index is 0.695. The van der Waals surface area contributed by atoms with Gasteiger partial charge in [-0.1, -0.05) is 18.2 Å². The maximum absolute atomic E-state index is 10.6. The summed E-state index contributed by atoms with van der Waals surface area (Å²) < 4.78 is 1.71. The summed E-state index contributed by atoms with van der Waals surface area (Å²) in [5, 5.41) is 0.961. The van der Waals surface area contributed by atoms with E-state index in [9.17, 15) is 4.79 Å². The Kier molecular flexibility index (Phi) is 1.47. The second-order valence-corrected chi connectivity index (χ2v) is 2.69. The zero-order chi connectivity index (χ0) is 8.55. The smallest absolute Gasteiger partial charge is 0.152 e. The summed E-state index contributed by atoms with van der Waals surface area (Å²) in [6.07, 6.45) is 2.58. The van der Waals surface area contributed by atoms with Crippen molar-refractivity contribution in [2.75, 3.05) is 0 Å². The first-order valence-corrected chi connectivity index (χ1v) is 3.69. The van der Waals surface area contributed by atoms with E-state index in [1.807, 2.05) is 24.3 Å². The number of carbonyl (C=O) groups excluding carboxylic acids is 1. The molecule has 0 fully saturated rings. The molecular weight excluding hydrogens is 150 g/mol. The molecule has 1 aromatic heterocycles. The van der Waals surface area contributed by atoms with Gasteiger partial charge in [0.1, 0.15) is 0 Å². The van der Waals surface area contributed by atoms with Crippen molar-refractivity contribution < 1.29 is 4.79 Å². The fourth-order valence-corrected chi connectivity index (χ4v) is 1.37. The molecule has 0 bridgehead atoms. The molecule has 2 rings (SSSR count). The molecule has 0 aliphatic carbocycles. The number of carbonyl (C=O) groups is 1. The minimum absolute atomic E-state index is 0.695. The monoisotopic (exact) mass is 158 g/mol. The van der Waals surface area contributed by atoms with Gasteiger partial charge in [-0.25, -0.2) is 0 Å². The Hall–Kier alpha value is -1.57. The molecule has 0 saturated heterocycles. The predicted octanol–water partition coefficient (Wildman–Crippen LogP) is 2.09. The Morgan fingerprint density at radius 1 is 1.33 bits per heavy atom. The van der Waals surface area contributed by atoms with E-state index >= 15 is 0 Å². The highest BCUT2D eigenvalue weighted by atomic mass is 16.1. The number of benzene rings is 1. The molecule has 0 atom stereocenters. The van der Waals surface area contributed by atoms with E-state index in [1.54, 1.807) is 10.8 Å². The van der Waals surface area contributed by atoms with Gasteiger partial charge in [0.25, 0.3) is 0 Å². The highest BCUT2D eigenvalue weighted by Gasteiger charge is 2.02. The molecule has 2 aromatic rings. The van der Waals surface area contributed by atoms with E-state index < -0.39 is 0 Å². The summed E-state index contributed by atoms with van der Waals surface area (Å²) in [5.74, 6) is 0. The Morgan fingerprint density at radius 3 is 2.83 bits per heavy atom. The summed E-state index contributed by atoms with van der Waals surface area (Å²) in [4.78, 5) is 10.6. The molecule has 1 aromatic carbocycles. The van der Waals surface area contributed by atoms with Gasteiger partial charge >= 0.3 is 0 Å². The minimum Gasteiger partial charge on any atom is -0.345 e. The molecule has 59 valence electrons. The average molecular weight is 158 g/mol. The Bertz CT molecular complexity index is 428. The molecule has 2 nitrogen and oxygen atoms in total. The van der Waals surface area contributed by atoms with Crippen LogP contribution in [0.25, 0.3) is 10.9 Å². The van der Waals surface area contributed by atoms with Crippen molar-refractivity contribution in [3.63, 3.8) is 0 Å². The maximum atomic E-state index is 10.6. The summed E-state index contributed by atoms with van der Waals surface area (Å²) in [7, 11) is 3.78. The lowest BCUT2D eigenvalue weighted by molar-refractivity contribution is 0.112. The third-order valence-corrected chi connectivity index (χ3v) is 1.95. The van der Waals surface area contributed by atoms with Crippen LogP contribution in [-0.2, 0) is 0 Å². The third-order valence-electron chi connectivity index (χ3n) is 1.95. The number of aromatic nitrogens is 1. The second-order valence-electron chi connectivity index (χ2n) is 2.69. The standard InChI is InChI=1S/C10H8NO/c1-11-6-8(7-12)9-4-2-3-5-10(9)11/h2-7H,1H2. The van der Waals surface area contributed by atoms with Gasteiger partial charge in [-0.2, -0.15) is 0 Å². The Morgan fingerprint density at radius 2 is 2.08 bits per heavy atom. The van der Waals surface area contributed by atoms with Gasteiger partial charge in [-0.3, -0.25) is 4.79 Å². The van der Waals surface area contributed by atoms with Gasteiger partial charge in [0, 0.05) is 29.7 Å². The van der Waals surface area contributed by atoms with Crippen LogP contribution in [0.15, 0.2) is 30.5 Å². The van der Waals surface area contributed by atoms with Gasteiger partial charge < -0.3 is 4.57 Å². The van der Waals surface area contributed by atoms with E-state index in [1.165, 1.54) is 0 Å². The number of fused-ring (bicyclic) bond motifs is 1. The molecule has 0 N–H and O–H groups in total. The fraction of sp³-hybridized carbons (Fsp3) is 0. The number of para-hydroxylation sites is 1. The molecule has 0 aliphatic heterocycles. The molecule has 0 aliphatic rings. The van der Waals surface area contributed by atoms with Crippen molar-refractivity contribution in [2.24, 2.45) is 0 Å². The van der Waals surface area contributed by atoms with Gasteiger partial charge in [0.15, 0.2) is 6.29 Å². The lowest BCUT2D eigenvalue weighted by atomic mass is 10.2. The molecule has 2 heteroatoms. The summed E-state index contributed by atoms with van der Waals surface area (Å²) in [6, 6.07) is 7.70. The highest BCUT2D eigenvalue weighted by Crippen LogP contribution is 2.18. The first kappa shape index (κ1) is 7.10. The van der Waals surface area contributed by atoms with E-state index in [4.69, 9.17) is 0 Å². The summed E-state index contributed by atoms with van der Waals surface area (Å²) in [5.41, 5.74) is 1.68. The molecule has 0 spiro atoms. The number of nitrogens with zero attached hydrogens (tertiary/aromatic N) is 1. The molecule has 0 unspecified atom stereocenters. The van der Waals surface area contributed by atoms with Crippen molar-refractivity contribution in [3.8, 4) is 0 Å². The largest absolute Gasteiger partial charge is 0.345 e. The van der Waals surface area contributed by atoms with Crippen molar-refractivity contribution in [1.29, 1.82) is 0 Å². The number of aldehydes is 1. The molecule has 1 heterocycles. The lowest BCUT2D eigenvalue weighted by Gasteiger charge is -1.92. The normalized spacial score (nSPS) is 10.4. The van der Waals surface area contributed by atoms with E-state index in [0.717, 1.165) is 17.2 Å². The van der Waals surface area contributed by atoms with E-state index in [0.29, 0.717) is 5.56 Å². The number of hydrogen-bond acceptors (Lipinski definition) is 1. The molecule has 1 radical (unpaired) electrons. The number of rotatable bonds is 1. The third kappa shape index (κ3) is 0.848. The summed E-state index contributed by atoms with van der Waals surface area (Å²) in [6.45, 7) is 0. The average Bonchev–Trinajstić information content (AvgIpc) is 2.44. The van der Waals surface area contributed by atoms with E-state index in [2.05, 4.69) is 7.05 Å². The van der Waals surface area contributed by atoms with Gasteiger partial charge in [-0.05, 0) is 6.07 Å². The van der Waals surface area contributed by atoms with Crippen molar-refractivity contribution in [2.45, 2.75) is 0 Å². The lowest BCUT2D eigenvalue weighted by Crippen LogP contribution is -1.78. The fourth-order valence-electron chi connectivity index (χ4n) is 1.37. The molecule has 0 saturated carbocycles. The summed E-state index contributed by atoms with van der Waals surface area (Å²) >= 11 is 0. The quantitative estimate of drug-likeness (QED) is 0.582. The molecule has 12 heavy (non-hydrogen) atoms. The Balaban J connectivity index is 2.91. The molecular formula is C10H8NO. The van der Waals surface area contributed by atoms with Gasteiger partial charge in [0.2, 0.25) is 0 Å². The first-order chi connectivity index (χ1) is 5.83.